The second-order valence-electron chi connectivity index (χ2n) is 9.90. The number of anilines is 1. The fourth-order valence-corrected chi connectivity index (χ4v) is 6.61. The third kappa shape index (κ3) is 5.14. The van der Waals surface area contributed by atoms with Gasteiger partial charge in [0.05, 0.1) is 32.7 Å². The summed E-state index contributed by atoms with van der Waals surface area (Å²) in [6.45, 7) is 3.39. The van der Waals surface area contributed by atoms with Crippen molar-refractivity contribution in [2.45, 2.75) is 32.6 Å². The molecule has 11 heteroatoms. The molecule has 6 rings (SSSR count). The van der Waals surface area contributed by atoms with Crippen LogP contribution in [0.4, 0.5) is 9.93 Å². The number of likely N-dealkylation sites (tertiary alicyclic amines) is 1. The number of hydrogen-bond acceptors (Lipinski definition) is 6. The number of pyridine rings is 1. The van der Waals surface area contributed by atoms with Crippen molar-refractivity contribution in [2.24, 2.45) is 5.92 Å². The lowest BCUT2D eigenvalue weighted by molar-refractivity contribution is -0.119. The van der Waals surface area contributed by atoms with Crippen molar-refractivity contribution in [3.05, 3.63) is 65.1 Å². The van der Waals surface area contributed by atoms with Crippen molar-refractivity contribution in [1.82, 2.24) is 30.0 Å². The topological polar surface area (TPSA) is 105 Å². The van der Waals surface area contributed by atoms with E-state index in [4.69, 9.17) is 21.7 Å². The van der Waals surface area contributed by atoms with Gasteiger partial charge in [-0.15, -0.1) is 0 Å². The molecule has 200 valence electrons. The molecule has 2 N–H and O–H groups in total. The smallest absolute Gasteiger partial charge is 0.323 e. The number of fused-ring (bicyclic) bond motifs is 3. The fraction of sp³-hybridized carbons (Fsp3) is 0.321. The van der Waals surface area contributed by atoms with E-state index in [1.54, 1.807) is 6.20 Å². The number of nitrogens with one attached hydrogen (secondary N) is 2. The van der Waals surface area contributed by atoms with E-state index in [-0.39, 0.29) is 17.9 Å². The molecule has 0 radical (unpaired) electrons. The highest BCUT2D eigenvalue weighted by Gasteiger charge is 2.31. The number of rotatable bonds is 5. The summed E-state index contributed by atoms with van der Waals surface area (Å²) in [5, 5.41) is 12.1. The zero-order valence-corrected chi connectivity index (χ0v) is 23.1. The third-order valence-corrected chi connectivity index (χ3v) is 8.52. The van der Waals surface area contributed by atoms with Gasteiger partial charge in [0.2, 0.25) is 5.91 Å². The highest BCUT2D eigenvalue weighted by molar-refractivity contribution is 7.19. The molecule has 2 aliphatic rings. The first-order valence-electron chi connectivity index (χ1n) is 13.1. The molecule has 1 aliphatic heterocycles. The van der Waals surface area contributed by atoms with E-state index in [0.29, 0.717) is 29.8 Å². The Labute approximate surface area is 235 Å². The molecule has 0 bridgehead atoms. The summed E-state index contributed by atoms with van der Waals surface area (Å²) in [6, 6.07) is 11.4. The number of benzene rings is 1. The summed E-state index contributed by atoms with van der Waals surface area (Å²) < 4.78 is 1.90. The van der Waals surface area contributed by atoms with Crippen LogP contribution in [0.1, 0.15) is 31.0 Å². The van der Waals surface area contributed by atoms with Gasteiger partial charge in [0.1, 0.15) is 0 Å². The van der Waals surface area contributed by atoms with Crippen LogP contribution in [0.15, 0.2) is 48.8 Å². The number of carbonyl (C=O) groups excluding carboxylic acids is 2. The van der Waals surface area contributed by atoms with Crippen molar-refractivity contribution in [2.75, 3.05) is 25.0 Å². The van der Waals surface area contributed by atoms with Crippen molar-refractivity contribution in [3.63, 3.8) is 0 Å². The van der Waals surface area contributed by atoms with Crippen LogP contribution in [-0.2, 0) is 17.6 Å². The predicted molar refractivity (Wildman–Crippen MR) is 152 cm³/mol. The van der Waals surface area contributed by atoms with Crippen LogP contribution in [0.2, 0.25) is 5.02 Å². The first kappa shape index (κ1) is 25.5. The summed E-state index contributed by atoms with van der Waals surface area (Å²) in [4.78, 5) is 36.4. The van der Waals surface area contributed by atoms with Crippen molar-refractivity contribution in [1.29, 1.82) is 0 Å². The molecule has 3 aromatic heterocycles. The van der Waals surface area contributed by atoms with E-state index in [0.717, 1.165) is 64.5 Å². The van der Waals surface area contributed by atoms with Gasteiger partial charge in [0.15, 0.2) is 5.13 Å². The normalized spacial score (nSPS) is 16.4. The quantitative estimate of drug-likeness (QED) is 0.349. The number of hydrogen-bond donors (Lipinski definition) is 2. The first-order valence-corrected chi connectivity index (χ1v) is 14.2. The Hall–Kier alpha value is -3.76. The summed E-state index contributed by atoms with van der Waals surface area (Å²) in [6.07, 6.45) is 6.99. The number of piperidine rings is 1. The van der Waals surface area contributed by atoms with Gasteiger partial charge in [0.25, 0.3) is 0 Å². The van der Waals surface area contributed by atoms with Crippen LogP contribution in [0.3, 0.4) is 0 Å². The van der Waals surface area contributed by atoms with Gasteiger partial charge in [-0.2, -0.15) is 5.10 Å². The lowest BCUT2D eigenvalue weighted by Gasteiger charge is -2.32. The zero-order valence-electron chi connectivity index (χ0n) is 21.5. The van der Waals surface area contributed by atoms with Gasteiger partial charge in [-0.25, -0.2) is 14.5 Å². The van der Waals surface area contributed by atoms with Crippen LogP contribution in [0.25, 0.3) is 27.5 Å². The monoisotopic (exact) mass is 561 g/mol. The molecule has 0 saturated carbocycles. The standard InChI is InChI=1S/C28H28ClN7O2S/c1-17(37)31-14-18-6-5-13-35(16-18)28(38)33-27-32-22-11-10-20-24(19-7-4-12-30-15-19)34-36(25(20)26(22)39-27)23-9-3-2-8-21(23)29/h2-4,7-9,12,15,18H,5-6,10-11,13-14,16H2,1H3,(H,31,37)(H,32,33,38). The van der Waals surface area contributed by atoms with Crippen molar-refractivity contribution < 1.29 is 9.59 Å². The maximum absolute atomic E-state index is 13.2. The van der Waals surface area contributed by atoms with E-state index >= 15 is 0 Å². The molecular weight excluding hydrogens is 534 g/mol. The Balaban J connectivity index is 1.32. The molecule has 9 nitrogen and oxygen atoms in total. The number of nitrogens with zero attached hydrogens (tertiary/aromatic N) is 5. The van der Waals surface area contributed by atoms with Gasteiger partial charge in [-0.05, 0) is 55.9 Å². The minimum Gasteiger partial charge on any atom is -0.356 e. The van der Waals surface area contributed by atoms with Gasteiger partial charge >= 0.3 is 6.03 Å². The van der Waals surface area contributed by atoms with Crippen LogP contribution < -0.4 is 10.6 Å². The molecule has 1 fully saturated rings. The molecule has 4 heterocycles. The molecule has 3 amide bonds. The lowest BCUT2D eigenvalue weighted by atomic mass is 9.95. The SMILES string of the molecule is CC(=O)NCC1CCCN(C(=O)Nc2nc3c(s2)-c2c(c(-c4cccnc4)nn2-c2ccccc2Cl)CC3)C1. The molecule has 39 heavy (non-hydrogen) atoms. The maximum Gasteiger partial charge on any atom is 0.323 e. The van der Waals surface area contributed by atoms with Crippen molar-refractivity contribution in [3.8, 4) is 27.5 Å². The van der Waals surface area contributed by atoms with E-state index < -0.39 is 0 Å². The van der Waals surface area contributed by atoms with E-state index in [1.807, 2.05) is 52.2 Å². The van der Waals surface area contributed by atoms with Crippen LogP contribution in [0, 0.1) is 5.92 Å². The van der Waals surface area contributed by atoms with Crippen molar-refractivity contribution >= 4 is 40.0 Å². The molecule has 1 unspecified atom stereocenters. The van der Waals surface area contributed by atoms with Gasteiger partial charge in [0, 0.05) is 50.1 Å². The Morgan fingerprint density at radius 3 is 2.85 bits per heavy atom. The maximum atomic E-state index is 13.2. The van der Waals surface area contributed by atoms with E-state index in [9.17, 15) is 9.59 Å². The highest BCUT2D eigenvalue weighted by atomic mass is 35.5. The van der Waals surface area contributed by atoms with E-state index in [2.05, 4.69) is 15.6 Å². The Bertz CT molecular complexity index is 1530. The van der Waals surface area contributed by atoms with Crippen LogP contribution in [0.5, 0.6) is 0 Å². The molecule has 1 aliphatic carbocycles. The second kappa shape index (κ2) is 10.8. The molecule has 4 aromatic rings. The number of halogens is 1. The minimum absolute atomic E-state index is 0.0490. The number of para-hydroxylation sites is 1. The average molecular weight is 562 g/mol. The summed E-state index contributed by atoms with van der Waals surface area (Å²) in [5.41, 5.74) is 5.62. The third-order valence-electron chi connectivity index (χ3n) is 7.18. The summed E-state index contributed by atoms with van der Waals surface area (Å²) >= 11 is 8.09. The van der Waals surface area contributed by atoms with Crippen LogP contribution in [-0.4, -0.2) is 56.2 Å². The van der Waals surface area contributed by atoms with Gasteiger partial charge in [-0.3, -0.25) is 15.1 Å². The lowest BCUT2D eigenvalue weighted by Crippen LogP contribution is -2.45. The summed E-state index contributed by atoms with van der Waals surface area (Å²) in [5.74, 6) is 0.198. The highest BCUT2D eigenvalue weighted by Crippen LogP contribution is 2.44. The largest absolute Gasteiger partial charge is 0.356 e. The fourth-order valence-electron chi connectivity index (χ4n) is 5.33. The van der Waals surface area contributed by atoms with Gasteiger partial charge in [-0.1, -0.05) is 35.1 Å². The number of aromatic nitrogens is 4. The average Bonchev–Trinajstić information content (AvgIpc) is 3.54. The Kier molecular flexibility index (Phi) is 7.05. The number of aryl methyl sites for hydroxylation is 1. The molecule has 0 spiro atoms. The molecule has 1 atom stereocenters. The Morgan fingerprint density at radius 1 is 1.18 bits per heavy atom. The summed E-state index contributed by atoms with van der Waals surface area (Å²) in [7, 11) is 0. The second-order valence-corrected chi connectivity index (χ2v) is 11.3. The number of thiazole rings is 1. The zero-order chi connectivity index (χ0) is 26.9. The number of urea groups is 1. The van der Waals surface area contributed by atoms with Gasteiger partial charge < -0.3 is 10.2 Å². The first-order chi connectivity index (χ1) is 19.0. The number of carbonyl (C=O) groups is 2. The molecular formula is C28H28ClN7O2S. The predicted octanol–water partition coefficient (Wildman–Crippen LogP) is 5.19. The van der Waals surface area contributed by atoms with E-state index in [1.165, 1.54) is 18.3 Å². The minimum atomic E-state index is -0.162. The van der Waals surface area contributed by atoms with Crippen LogP contribution >= 0.6 is 22.9 Å². The molecule has 1 saturated heterocycles. The molecule has 1 aromatic carbocycles. The number of amides is 3. The Morgan fingerprint density at radius 2 is 2.05 bits per heavy atom.